The molecule has 0 aliphatic carbocycles. The summed E-state index contributed by atoms with van der Waals surface area (Å²) in [7, 11) is 0. The number of alkyl halides is 1. The summed E-state index contributed by atoms with van der Waals surface area (Å²) in [5.74, 6) is 0.683. The molecule has 17 heavy (non-hydrogen) atoms. The van der Waals surface area contributed by atoms with E-state index >= 15 is 0 Å². The zero-order chi connectivity index (χ0) is 12.7. The molecule has 1 aromatic heterocycles. The van der Waals surface area contributed by atoms with E-state index in [0.717, 1.165) is 13.1 Å². The number of nitrogens with zero attached hydrogens (tertiary/aromatic N) is 2. The molecule has 1 rings (SSSR count). The summed E-state index contributed by atoms with van der Waals surface area (Å²) in [6.07, 6.45) is 4.20. The molecule has 0 N–H and O–H groups in total. The average Bonchev–Trinajstić information content (AvgIpc) is 2.34. The van der Waals surface area contributed by atoms with Crippen molar-refractivity contribution in [1.82, 2.24) is 9.88 Å². The Labute approximate surface area is 110 Å². The molecule has 0 spiro atoms. The first-order valence-electron chi connectivity index (χ1n) is 6.43. The van der Waals surface area contributed by atoms with Crippen molar-refractivity contribution in [2.75, 3.05) is 12.4 Å². The molecule has 3 heteroatoms. The van der Waals surface area contributed by atoms with Crippen LogP contribution in [0.1, 0.15) is 37.9 Å². The number of hydrogen-bond acceptors (Lipinski definition) is 2. The monoisotopic (exact) mass is 254 g/mol. The number of aryl methyl sites for hydroxylation is 1. The van der Waals surface area contributed by atoms with Gasteiger partial charge in [0.2, 0.25) is 0 Å². The highest BCUT2D eigenvalue weighted by atomic mass is 35.5. The van der Waals surface area contributed by atoms with Crippen LogP contribution in [0, 0.1) is 6.92 Å². The molecule has 0 atom stereocenters. The molecule has 0 aliphatic rings. The smallest absolute Gasteiger partial charge is 0.0573 e. The summed E-state index contributed by atoms with van der Waals surface area (Å²) in [6.45, 7) is 8.44. The normalized spacial score (nSPS) is 11.4. The lowest BCUT2D eigenvalue weighted by Gasteiger charge is -2.29. The summed E-state index contributed by atoms with van der Waals surface area (Å²) in [4.78, 5) is 6.91. The van der Waals surface area contributed by atoms with Crippen molar-refractivity contribution in [3.8, 4) is 0 Å². The largest absolute Gasteiger partial charge is 0.293 e. The van der Waals surface area contributed by atoms with Crippen LogP contribution < -0.4 is 0 Å². The van der Waals surface area contributed by atoms with Crippen molar-refractivity contribution in [1.29, 1.82) is 0 Å². The van der Waals surface area contributed by atoms with Gasteiger partial charge in [0.25, 0.3) is 0 Å². The fourth-order valence-corrected chi connectivity index (χ4v) is 2.40. The maximum Gasteiger partial charge on any atom is 0.0573 e. The Balaban J connectivity index is 2.75. The Morgan fingerprint density at radius 1 is 1.35 bits per heavy atom. The molecule has 0 bridgehead atoms. The van der Waals surface area contributed by atoms with Gasteiger partial charge in [-0.05, 0) is 31.4 Å². The molecule has 1 heterocycles. The van der Waals surface area contributed by atoms with Gasteiger partial charge in [-0.3, -0.25) is 9.88 Å². The van der Waals surface area contributed by atoms with Crippen molar-refractivity contribution in [3.63, 3.8) is 0 Å². The van der Waals surface area contributed by atoms with E-state index < -0.39 is 0 Å². The van der Waals surface area contributed by atoms with Crippen LogP contribution in [0.5, 0.6) is 0 Å². The van der Waals surface area contributed by atoms with Crippen LogP contribution in [0.2, 0.25) is 0 Å². The standard InChI is InChI=1S/C14H23ClN2/c1-4-13(5-2)17(10-8-15)11-14-12(3)7-6-9-16-14/h6-7,9,13H,4-5,8,10-11H2,1-3H3. The molecular formula is C14H23ClN2. The van der Waals surface area contributed by atoms with Gasteiger partial charge in [0.05, 0.1) is 5.69 Å². The second-order valence-electron chi connectivity index (χ2n) is 4.40. The molecule has 0 saturated heterocycles. The third kappa shape index (κ3) is 4.29. The van der Waals surface area contributed by atoms with Gasteiger partial charge in [-0.1, -0.05) is 19.9 Å². The van der Waals surface area contributed by atoms with Crippen LogP contribution in [0.15, 0.2) is 18.3 Å². The number of halogens is 1. The maximum absolute atomic E-state index is 5.90. The quantitative estimate of drug-likeness (QED) is 0.691. The molecule has 0 radical (unpaired) electrons. The number of rotatable bonds is 7. The Kier molecular flexibility index (Phi) is 6.53. The van der Waals surface area contributed by atoms with Crippen LogP contribution in [0.3, 0.4) is 0 Å². The zero-order valence-electron chi connectivity index (χ0n) is 11.1. The van der Waals surface area contributed by atoms with Crippen molar-refractivity contribution < 1.29 is 0 Å². The van der Waals surface area contributed by atoms with Gasteiger partial charge in [-0.25, -0.2) is 0 Å². The molecule has 1 aromatic rings. The molecule has 0 amide bonds. The maximum atomic E-state index is 5.90. The van der Waals surface area contributed by atoms with E-state index in [1.54, 1.807) is 0 Å². The van der Waals surface area contributed by atoms with E-state index in [0.29, 0.717) is 11.9 Å². The van der Waals surface area contributed by atoms with E-state index in [-0.39, 0.29) is 0 Å². The molecule has 0 fully saturated rings. The zero-order valence-corrected chi connectivity index (χ0v) is 11.9. The summed E-state index contributed by atoms with van der Waals surface area (Å²) in [5.41, 5.74) is 2.43. The Morgan fingerprint density at radius 2 is 2.06 bits per heavy atom. The van der Waals surface area contributed by atoms with Crippen LogP contribution in [-0.2, 0) is 6.54 Å². The Hall–Kier alpha value is -0.600. The molecule has 0 aromatic carbocycles. The highest BCUT2D eigenvalue weighted by Crippen LogP contribution is 2.14. The third-order valence-electron chi connectivity index (χ3n) is 3.30. The molecule has 2 nitrogen and oxygen atoms in total. The van der Waals surface area contributed by atoms with E-state index in [1.807, 2.05) is 12.3 Å². The summed E-state index contributed by atoms with van der Waals surface area (Å²) in [6, 6.07) is 4.71. The predicted molar refractivity (Wildman–Crippen MR) is 74.5 cm³/mol. The van der Waals surface area contributed by atoms with Crippen molar-refractivity contribution in [2.45, 2.75) is 46.2 Å². The predicted octanol–water partition coefficient (Wildman–Crippen LogP) is 3.62. The average molecular weight is 255 g/mol. The molecule has 0 unspecified atom stereocenters. The Bertz CT molecular complexity index is 324. The summed E-state index contributed by atoms with van der Waals surface area (Å²) in [5, 5.41) is 0. The number of aromatic nitrogens is 1. The number of hydrogen-bond donors (Lipinski definition) is 0. The van der Waals surface area contributed by atoms with Crippen molar-refractivity contribution >= 4 is 11.6 Å². The van der Waals surface area contributed by atoms with Gasteiger partial charge in [0.15, 0.2) is 0 Å². The van der Waals surface area contributed by atoms with Gasteiger partial charge in [0.1, 0.15) is 0 Å². The van der Waals surface area contributed by atoms with Gasteiger partial charge in [-0.15, -0.1) is 11.6 Å². The SMILES string of the molecule is CCC(CC)N(CCCl)Cc1ncccc1C. The highest BCUT2D eigenvalue weighted by molar-refractivity contribution is 6.18. The molecular weight excluding hydrogens is 232 g/mol. The third-order valence-corrected chi connectivity index (χ3v) is 3.47. The van der Waals surface area contributed by atoms with Crippen LogP contribution in [-0.4, -0.2) is 28.4 Å². The number of pyridine rings is 1. The summed E-state index contributed by atoms with van der Waals surface area (Å²) >= 11 is 5.90. The first-order chi connectivity index (χ1) is 8.22. The van der Waals surface area contributed by atoms with Crippen LogP contribution in [0.25, 0.3) is 0 Å². The topological polar surface area (TPSA) is 16.1 Å². The minimum atomic E-state index is 0.607. The lowest BCUT2D eigenvalue weighted by Crippen LogP contribution is -2.36. The lowest BCUT2D eigenvalue weighted by molar-refractivity contribution is 0.185. The second-order valence-corrected chi connectivity index (χ2v) is 4.77. The Morgan fingerprint density at radius 3 is 2.59 bits per heavy atom. The van der Waals surface area contributed by atoms with E-state index in [4.69, 9.17) is 11.6 Å². The second kappa shape index (κ2) is 7.67. The minimum absolute atomic E-state index is 0.607. The summed E-state index contributed by atoms with van der Waals surface area (Å²) < 4.78 is 0. The van der Waals surface area contributed by atoms with Crippen molar-refractivity contribution in [2.24, 2.45) is 0 Å². The molecule has 96 valence electrons. The minimum Gasteiger partial charge on any atom is -0.293 e. The van der Waals surface area contributed by atoms with Crippen LogP contribution >= 0.6 is 11.6 Å². The van der Waals surface area contributed by atoms with E-state index in [9.17, 15) is 0 Å². The molecule has 0 saturated carbocycles. The van der Waals surface area contributed by atoms with Gasteiger partial charge in [0, 0.05) is 31.2 Å². The fraction of sp³-hybridized carbons (Fsp3) is 0.643. The lowest BCUT2D eigenvalue weighted by atomic mass is 10.1. The van der Waals surface area contributed by atoms with Crippen molar-refractivity contribution in [3.05, 3.63) is 29.6 Å². The van der Waals surface area contributed by atoms with Gasteiger partial charge >= 0.3 is 0 Å². The molecule has 0 aliphatic heterocycles. The first kappa shape index (κ1) is 14.5. The van der Waals surface area contributed by atoms with Gasteiger partial charge < -0.3 is 0 Å². The highest BCUT2D eigenvalue weighted by Gasteiger charge is 2.16. The van der Waals surface area contributed by atoms with E-state index in [2.05, 4.69) is 36.7 Å². The fourth-order valence-electron chi connectivity index (χ4n) is 2.18. The van der Waals surface area contributed by atoms with Gasteiger partial charge in [-0.2, -0.15) is 0 Å². The van der Waals surface area contributed by atoms with E-state index in [1.165, 1.54) is 24.1 Å². The van der Waals surface area contributed by atoms with Crippen LogP contribution in [0.4, 0.5) is 0 Å². The first-order valence-corrected chi connectivity index (χ1v) is 6.96.